The summed E-state index contributed by atoms with van der Waals surface area (Å²) in [7, 11) is 1.65. The molecule has 1 aromatic rings. The lowest BCUT2D eigenvalue weighted by molar-refractivity contribution is -0.140. The summed E-state index contributed by atoms with van der Waals surface area (Å²) in [6.07, 6.45) is 5.28. The molecule has 0 saturated carbocycles. The zero-order valence-corrected chi connectivity index (χ0v) is 15.2. The zero-order valence-electron chi connectivity index (χ0n) is 15.2. The van der Waals surface area contributed by atoms with Gasteiger partial charge in [-0.05, 0) is 25.7 Å². The molecule has 4 fully saturated rings. The lowest BCUT2D eigenvalue weighted by Gasteiger charge is -2.35. The number of nitrogens with zero attached hydrogens (tertiary/aromatic N) is 5. The van der Waals surface area contributed by atoms with Gasteiger partial charge < -0.3 is 19.4 Å². The van der Waals surface area contributed by atoms with E-state index in [0.717, 1.165) is 38.8 Å². The smallest absolute Gasteiger partial charge is 0.227 e. The van der Waals surface area contributed by atoms with Crippen LogP contribution in [0.3, 0.4) is 0 Å². The van der Waals surface area contributed by atoms with Crippen LogP contribution in [0.2, 0.25) is 0 Å². The molecule has 2 bridgehead atoms. The monoisotopic (exact) mass is 363 g/mol. The number of aromatic nitrogens is 2. The second kappa shape index (κ2) is 7.34. The van der Waals surface area contributed by atoms with Gasteiger partial charge in [0, 0.05) is 45.9 Å². The summed E-state index contributed by atoms with van der Waals surface area (Å²) in [4.78, 5) is 27.5. The Labute approximate surface area is 153 Å². The number of anilines is 2. The van der Waals surface area contributed by atoms with Gasteiger partial charge in [0.25, 0.3) is 0 Å². The third kappa shape index (κ3) is 3.22. The molecule has 2 atom stereocenters. The molecule has 1 amide bonds. The number of piperidine rings is 1. The fraction of sp³-hybridized carbons (Fsp3) is 0.722. The van der Waals surface area contributed by atoms with Crippen molar-refractivity contribution in [1.82, 2.24) is 14.9 Å². The summed E-state index contributed by atoms with van der Waals surface area (Å²) in [5.74, 6) is 0.710. The van der Waals surface area contributed by atoms with Gasteiger partial charge in [0.1, 0.15) is 0 Å². The van der Waals surface area contributed by atoms with Crippen LogP contribution in [0.1, 0.15) is 25.7 Å². The largest absolute Gasteiger partial charge is 0.383 e. The molecule has 4 saturated heterocycles. The molecule has 0 aromatic carbocycles. The first-order valence-electron chi connectivity index (χ1n) is 9.49. The van der Waals surface area contributed by atoms with E-state index in [1.807, 2.05) is 9.80 Å². The normalized spacial score (nSPS) is 25.9. The maximum Gasteiger partial charge on any atom is 0.227 e. The van der Waals surface area contributed by atoms with Crippen LogP contribution in [0.4, 0.5) is 16.2 Å². The van der Waals surface area contributed by atoms with E-state index in [9.17, 15) is 9.18 Å². The number of carbonyl (C=O) groups excluding carboxylic acids is 1. The van der Waals surface area contributed by atoms with Gasteiger partial charge in [0.15, 0.2) is 11.6 Å². The minimum atomic E-state index is -0.369. The van der Waals surface area contributed by atoms with Crippen molar-refractivity contribution >= 4 is 17.7 Å². The summed E-state index contributed by atoms with van der Waals surface area (Å²) in [6, 6.07) is 0.139. The fourth-order valence-corrected chi connectivity index (χ4v) is 4.34. The average molecular weight is 363 g/mol. The number of ether oxygens (including phenoxy) is 1. The number of carbonyl (C=O) groups is 1. The van der Waals surface area contributed by atoms with E-state index < -0.39 is 0 Å². The maximum absolute atomic E-state index is 14.2. The van der Waals surface area contributed by atoms with Crippen molar-refractivity contribution in [3.8, 4) is 0 Å². The Morgan fingerprint density at radius 3 is 2.81 bits per heavy atom. The Kier molecular flexibility index (Phi) is 4.93. The highest BCUT2D eigenvalue weighted by Gasteiger charge is 2.41. The molecule has 8 heteroatoms. The number of hydrogen-bond donors (Lipinski definition) is 0. The van der Waals surface area contributed by atoms with Gasteiger partial charge in [-0.2, -0.15) is 4.98 Å². The highest BCUT2D eigenvalue weighted by molar-refractivity contribution is 5.81. The van der Waals surface area contributed by atoms with Crippen LogP contribution < -0.4 is 9.80 Å². The van der Waals surface area contributed by atoms with Crippen LogP contribution in [-0.4, -0.2) is 73.3 Å². The van der Waals surface area contributed by atoms with Gasteiger partial charge >= 0.3 is 0 Å². The zero-order chi connectivity index (χ0) is 18.1. The molecular formula is C18H26FN5O2. The lowest BCUT2D eigenvalue weighted by atomic mass is 9.94. The van der Waals surface area contributed by atoms with E-state index in [4.69, 9.17) is 4.74 Å². The predicted molar refractivity (Wildman–Crippen MR) is 95.8 cm³/mol. The van der Waals surface area contributed by atoms with Crippen LogP contribution in [0.25, 0.3) is 0 Å². The number of fused-ring (bicyclic) bond motifs is 4. The minimum absolute atomic E-state index is 0.0468. The second-order valence-corrected chi connectivity index (χ2v) is 7.39. The number of rotatable bonds is 5. The number of halogens is 1. The topological polar surface area (TPSA) is 61.8 Å². The first-order chi connectivity index (χ1) is 12.7. The molecule has 0 N–H and O–H groups in total. The third-order valence-corrected chi connectivity index (χ3v) is 5.73. The third-order valence-electron chi connectivity index (χ3n) is 5.73. The molecule has 5 heterocycles. The summed E-state index contributed by atoms with van der Waals surface area (Å²) < 4.78 is 19.4. The van der Waals surface area contributed by atoms with Crippen molar-refractivity contribution in [1.29, 1.82) is 0 Å². The molecule has 5 rings (SSSR count). The van der Waals surface area contributed by atoms with Crippen molar-refractivity contribution in [3.05, 3.63) is 12.0 Å². The summed E-state index contributed by atoms with van der Waals surface area (Å²) in [5.41, 5.74) is 0. The van der Waals surface area contributed by atoms with Crippen molar-refractivity contribution in [2.24, 2.45) is 5.92 Å². The van der Waals surface area contributed by atoms with Gasteiger partial charge in [-0.1, -0.05) is 0 Å². The Morgan fingerprint density at radius 2 is 2.04 bits per heavy atom. The number of methoxy groups -OCH3 is 1. The number of amides is 1. The second-order valence-electron chi connectivity index (χ2n) is 7.39. The molecule has 4 aliphatic heterocycles. The van der Waals surface area contributed by atoms with Crippen LogP contribution in [0.15, 0.2) is 6.20 Å². The molecule has 142 valence electrons. The molecule has 0 radical (unpaired) electrons. The van der Waals surface area contributed by atoms with Crippen molar-refractivity contribution in [3.63, 3.8) is 0 Å². The Hall–Kier alpha value is -1.96. The summed E-state index contributed by atoms with van der Waals surface area (Å²) >= 11 is 0. The van der Waals surface area contributed by atoms with E-state index >= 15 is 0 Å². The predicted octanol–water partition coefficient (Wildman–Crippen LogP) is 1.29. The van der Waals surface area contributed by atoms with Gasteiger partial charge in [-0.3, -0.25) is 4.79 Å². The Bertz CT molecular complexity index is 667. The van der Waals surface area contributed by atoms with E-state index in [1.165, 1.54) is 6.20 Å². The van der Waals surface area contributed by atoms with E-state index in [0.29, 0.717) is 38.0 Å². The van der Waals surface area contributed by atoms with Gasteiger partial charge in [-0.15, -0.1) is 0 Å². The highest BCUT2D eigenvalue weighted by atomic mass is 19.1. The average Bonchev–Trinajstić information content (AvgIpc) is 3.04. The maximum atomic E-state index is 14.2. The van der Waals surface area contributed by atoms with Crippen LogP contribution in [0, 0.1) is 11.7 Å². The van der Waals surface area contributed by atoms with Crippen LogP contribution in [-0.2, 0) is 9.53 Å². The van der Waals surface area contributed by atoms with Crippen molar-refractivity contribution < 1.29 is 13.9 Å². The highest BCUT2D eigenvalue weighted by Crippen LogP contribution is 2.31. The molecular weight excluding hydrogens is 337 g/mol. The Balaban J connectivity index is 1.57. The molecule has 26 heavy (non-hydrogen) atoms. The van der Waals surface area contributed by atoms with E-state index in [2.05, 4.69) is 14.9 Å². The molecule has 0 aliphatic carbocycles. The summed E-state index contributed by atoms with van der Waals surface area (Å²) in [6.45, 7) is 4.12. The Morgan fingerprint density at radius 1 is 1.23 bits per heavy atom. The fourth-order valence-electron chi connectivity index (χ4n) is 4.34. The first-order valence-corrected chi connectivity index (χ1v) is 9.49. The van der Waals surface area contributed by atoms with E-state index in [-0.39, 0.29) is 23.7 Å². The molecule has 7 nitrogen and oxygen atoms in total. The SMILES string of the molecule is COCCN1C(=O)[C@H]2CC[C@@H]1CN(c1ncc(F)c(N3CCCC3)n1)C2. The van der Waals surface area contributed by atoms with E-state index in [1.54, 1.807) is 7.11 Å². The first kappa shape index (κ1) is 17.5. The van der Waals surface area contributed by atoms with Crippen LogP contribution >= 0.6 is 0 Å². The van der Waals surface area contributed by atoms with Crippen LogP contribution in [0.5, 0.6) is 0 Å². The summed E-state index contributed by atoms with van der Waals surface area (Å²) in [5, 5.41) is 0. The van der Waals surface area contributed by atoms with Gasteiger partial charge in [0.05, 0.1) is 18.7 Å². The van der Waals surface area contributed by atoms with Crippen molar-refractivity contribution in [2.45, 2.75) is 31.7 Å². The standard InChI is InChI=1S/C18H26FN5O2/c1-26-9-8-24-14-5-4-13(17(24)25)11-23(12-14)18-20-10-15(19)16(21-18)22-6-2-3-7-22/h10,13-14H,2-9,11-12H2,1H3/t13-,14+/m0/s1. The van der Waals surface area contributed by atoms with Gasteiger partial charge in [-0.25, -0.2) is 9.37 Å². The minimum Gasteiger partial charge on any atom is -0.383 e. The molecule has 4 aliphatic rings. The lowest BCUT2D eigenvalue weighted by Crippen LogP contribution is -2.49. The van der Waals surface area contributed by atoms with Crippen molar-refractivity contribution in [2.75, 3.05) is 56.2 Å². The number of hydrogen-bond acceptors (Lipinski definition) is 6. The molecule has 1 aromatic heterocycles. The van der Waals surface area contributed by atoms with Gasteiger partial charge in [0.2, 0.25) is 11.9 Å². The molecule has 0 unspecified atom stereocenters. The quantitative estimate of drug-likeness (QED) is 0.786. The molecule has 0 spiro atoms.